The van der Waals surface area contributed by atoms with Crippen LogP contribution in [0.5, 0.6) is 0 Å². The van der Waals surface area contributed by atoms with Crippen LogP contribution in [0.3, 0.4) is 0 Å². The van der Waals surface area contributed by atoms with E-state index in [1.54, 1.807) is 22.7 Å². The van der Waals surface area contributed by atoms with Crippen molar-refractivity contribution >= 4 is 65.8 Å². The van der Waals surface area contributed by atoms with Crippen LogP contribution in [-0.4, -0.2) is 5.08 Å². The normalized spacial score (nSPS) is 10.7. The minimum atomic E-state index is 1.11. The van der Waals surface area contributed by atoms with E-state index in [2.05, 4.69) is 33.7 Å². The van der Waals surface area contributed by atoms with Crippen LogP contribution < -0.4 is 0 Å². The molecular weight excluding hydrogens is 301 g/mol. The Bertz CT molecular complexity index is 316. The summed E-state index contributed by atoms with van der Waals surface area (Å²) in [5.74, 6) is 0. The first-order chi connectivity index (χ1) is 7.45. The van der Waals surface area contributed by atoms with Crippen LogP contribution in [-0.2, 0) is 0 Å². The summed E-state index contributed by atoms with van der Waals surface area (Å²) in [5, 5.41) is 9.73. The predicted octanol–water partition coefficient (Wildman–Crippen LogP) is 5.95. The van der Waals surface area contributed by atoms with Crippen molar-refractivity contribution in [2.75, 3.05) is 5.08 Å². The molecule has 15 heavy (non-hydrogen) atoms. The molecule has 6 heteroatoms. The molecule has 2 aromatic rings. The van der Waals surface area contributed by atoms with Gasteiger partial charge in [-0.2, -0.15) is 22.7 Å². The average Bonchev–Trinajstić information content (AvgIpc) is 2.88. The first-order valence-electron chi connectivity index (χ1n) is 4.08. The van der Waals surface area contributed by atoms with Crippen LogP contribution >= 0.6 is 65.8 Å². The van der Waals surface area contributed by atoms with Crippen molar-refractivity contribution in [2.24, 2.45) is 0 Å². The highest BCUT2D eigenvalue weighted by atomic mass is 33.1. The predicted molar refractivity (Wildman–Crippen MR) is 80.4 cm³/mol. The molecule has 2 rings (SSSR count). The lowest BCUT2D eigenvalue weighted by atomic mass is 10.7. The molecule has 0 nitrogen and oxygen atoms in total. The third-order valence-electron chi connectivity index (χ3n) is 1.40. The molecular formula is C9H8S6. The van der Waals surface area contributed by atoms with Gasteiger partial charge in [-0.1, -0.05) is 43.2 Å². The Morgan fingerprint density at radius 1 is 0.867 bits per heavy atom. The van der Waals surface area contributed by atoms with Crippen LogP contribution in [0.25, 0.3) is 0 Å². The highest BCUT2D eigenvalue weighted by Crippen LogP contribution is 2.40. The fraction of sp³-hybridized carbons (Fsp3) is 0.111. The van der Waals surface area contributed by atoms with E-state index in [9.17, 15) is 0 Å². The van der Waals surface area contributed by atoms with Crippen LogP contribution in [0, 0.1) is 0 Å². The molecule has 2 heterocycles. The van der Waals surface area contributed by atoms with Crippen molar-refractivity contribution < 1.29 is 0 Å². The van der Waals surface area contributed by atoms with Crippen molar-refractivity contribution in [1.29, 1.82) is 0 Å². The first kappa shape index (κ1) is 12.3. The Morgan fingerprint density at radius 2 is 1.40 bits per heavy atom. The van der Waals surface area contributed by atoms with Gasteiger partial charge in [-0.3, -0.25) is 0 Å². The van der Waals surface area contributed by atoms with Gasteiger partial charge in [0.25, 0.3) is 0 Å². The third kappa shape index (κ3) is 4.66. The Kier molecular flexibility index (Phi) is 5.88. The molecule has 0 N–H and O–H groups in total. The molecule has 0 atom stereocenters. The van der Waals surface area contributed by atoms with E-state index in [1.807, 2.05) is 43.2 Å². The minimum Gasteiger partial charge on any atom is -0.151 e. The third-order valence-corrected chi connectivity index (χ3v) is 8.55. The summed E-state index contributed by atoms with van der Waals surface area (Å²) in [7, 11) is 7.52. The van der Waals surface area contributed by atoms with Gasteiger partial charge in [0.2, 0.25) is 0 Å². The van der Waals surface area contributed by atoms with Crippen LogP contribution in [0.15, 0.2) is 43.4 Å². The van der Waals surface area contributed by atoms with Crippen molar-refractivity contribution in [1.82, 2.24) is 0 Å². The summed E-state index contributed by atoms with van der Waals surface area (Å²) in [5.41, 5.74) is 0. The molecule has 0 saturated carbocycles. The molecule has 0 amide bonds. The maximum atomic E-state index is 2.19. The van der Waals surface area contributed by atoms with Gasteiger partial charge in [0, 0.05) is 20.6 Å². The van der Waals surface area contributed by atoms with Gasteiger partial charge >= 0.3 is 0 Å². The molecule has 0 aliphatic carbocycles. The molecule has 0 unspecified atom stereocenters. The van der Waals surface area contributed by atoms with Gasteiger partial charge in [0.15, 0.2) is 0 Å². The summed E-state index contributed by atoms with van der Waals surface area (Å²) >= 11 is 3.51. The molecule has 2 aromatic heterocycles. The molecule has 0 fully saturated rings. The summed E-state index contributed by atoms with van der Waals surface area (Å²) < 4.78 is 0. The highest BCUT2D eigenvalue weighted by Gasteiger charge is 1.97. The van der Waals surface area contributed by atoms with Gasteiger partial charge in [0.05, 0.1) is 5.08 Å². The van der Waals surface area contributed by atoms with E-state index in [-0.39, 0.29) is 0 Å². The lowest BCUT2D eigenvalue weighted by molar-refractivity contribution is 1.62. The summed E-state index contributed by atoms with van der Waals surface area (Å²) in [6.45, 7) is 0. The number of hydrogen-bond donors (Lipinski definition) is 0. The highest BCUT2D eigenvalue weighted by molar-refractivity contribution is 8.85. The molecule has 0 aliphatic rings. The first-order valence-corrected chi connectivity index (χ1v) is 10.6. The van der Waals surface area contributed by atoms with E-state index in [4.69, 9.17) is 0 Å². The molecule has 0 aliphatic heterocycles. The van der Waals surface area contributed by atoms with Crippen molar-refractivity contribution in [3.8, 4) is 0 Å². The topological polar surface area (TPSA) is 0 Å². The van der Waals surface area contributed by atoms with E-state index in [0.717, 1.165) is 5.08 Å². The smallest absolute Gasteiger partial charge is 0.0606 e. The van der Waals surface area contributed by atoms with E-state index < -0.39 is 0 Å². The largest absolute Gasteiger partial charge is 0.151 e. The Hall–Kier alpha value is 0.800. The summed E-state index contributed by atoms with van der Waals surface area (Å²) in [4.78, 5) is 2.73. The monoisotopic (exact) mass is 308 g/mol. The Labute approximate surface area is 113 Å². The number of thiophene rings is 2. The second-order valence-corrected chi connectivity index (χ2v) is 9.10. The number of rotatable bonds is 6. The SMILES string of the molecule is c1cc(SSCSSc2ccsc2)cs1. The zero-order valence-electron chi connectivity index (χ0n) is 7.62. The molecule has 80 valence electrons. The maximum Gasteiger partial charge on any atom is 0.0606 e. The standard InChI is InChI=1S/C9H8S6/c1-3-10-5-8(1)14-12-7-13-15-9-2-4-11-6-9/h1-6H,7H2. The molecule has 0 spiro atoms. The maximum absolute atomic E-state index is 2.19. The Morgan fingerprint density at radius 3 is 1.80 bits per heavy atom. The second-order valence-electron chi connectivity index (χ2n) is 2.44. The molecule has 0 aromatic carbocycles. The van der Waals surface area contributed by atoms with E-state index in [0.29, 0.717) is 0 Å². The van der Waals surface area contributed by atoms with Gasteiger partial charge in [-0.05, 0) is 22.9 Å². The Balaban J connectivity index is 1.56. The van der Waals surface area contributed by atoms with Gasteiger partial charge < -0.3 is 0 Å². The number of hydrogen-bond acceptors (Lipinski definition) is 6. The van der Waals surface area contributed by atoms with Crippen LogP contribution in [0.4, 0.5) is 0 Å². The molecule has 0 saturated heterocycles. The summed E-state index contributed by atoms with van der Waals surface area (Å²) in [6, 6.07) is 4.33. The van der Waals surface area contributed by atoms with Crippen LogP contribution in [0.2, 0.25) is 0 Å². The van der Waals surface area contributed by atoms with Crippen LogP contribution in [0.1, 0.15) is 0 Å². The summed E-state index contributed by atoms with van der Waals surface area (Å²) in [6.07, 6.45) is 0. The molecule has 0 bridgehead atoms. The van der Waals surface area contributed by atoms with Crippen molar-refractivity contribution in [2.45, 2.75) is 9.79 Å². The van der Waals surface area contributed by atoms with Crippen molar-refractivity contribution in [3.63, 3.8) is 0 Å². The van der Waals surface area contributed by atoms with Crippen molar-refractivity contribution in [3.05, 3.63) is 33.7 Å². The lowest BCUT2D eigenvalue weighted by Crippen LogP contribution is -1.61. The van der Waals surface area contributed by atoms with Gasteiger partial charge in [0.1, 0.15) is 0 Å². The van der Waals surface area contributed by atoms with Gasteiger partial charge in [-0.15, -0.1) is 0 Å². The lowest BCUT2D eigenvalue weighted by Gasteiger charge is -1.97. The molecule has 0 radical (unpaired) electrons. The van der Waals surface area contributed by atoms with Gasteiger partial charge in [-0.25, -0.2) is 0 Å². The van der Waals surface area contributed by atoms with E-state index in [1.165, 1.54) is 9.79 Å². The average molecular weight is 309 g/mol. The minimum absolute atomic E-state index is 1.11. The fourth-order valence-electron chi connectivity index (χ4n) is 0.803. The second kappa shape index (κ2) is 7.19. The zero-order valence-corrected chi connectivity index (χ0v) is 12.5. The van der Waals surface area contributed by atoms with E-state index >= 15 is 0 Å². The quantitative estimate of drug-likeness (QED) is 0.367. The fourth-order valence-corrected chi connectivity index (χ4v) is 7.85. The zero-order chi connectivity index (χ0) is 10.3.